The van der Waals surface area contributed by atoms with Gasteiger partial charge in [-0.25, -0.2) is 4.79 Å². The lowest BCUT2D eigenvalue weighted by Gasteiger charge is -2.09. The van der Waals surface area contributed by atoms with Gasteiger partial charge in [0.25, 0.3) is 0 Å². The summed E-state index contributed by atoms with van der Waals surface area (Å²) in [5.74, 6) is 0.714. The van der Waals surface area contributed by atoms with Crippen LogP contribution in [-0.2, 0) is 0 Å². The summed E-state index contributed by atoms with van der Waals surface area (Å²) in [6.07, 6.45) is 0. The van der Waals surface area contributed by atoms with Gasteiger partial charge in [0, 0.05) is 5.69 Å². The van der Waals surface area contributed by atoms with Gasteiger partial charge in [-0.3, -0.25) is 0 Å². The first-order valence-corrected chi connectivity index (χ1v) is 5.94. The van der Waals surface area contributed by atoms with Gasteiger partial charge in [0.05, 0.1) is 18.4 Å². The monoisotopic (exact) mass is 267 g/mol. The van der Waals surface area contributed by atoms with Crippen LogP contribution in [0.3, 0.4) is 0 Å². The highest BCUT2D eigenvalue weighted by atomic mass is 16.5. The molecular weight excluding hydrogens is 254 g/mol. The molecule has 2 aromatic carbocycles. The van der Waals surface area contributed by atoms with Crippen LogP contribution >= 0.6 is 0 Å². The predicted molar refractivity (Wildman–Crippen MR) is 76.8 cm³/mol. The molecule has 0 aromatic heterocycles. The zero-order valence-electron chi connectivity index (χ0n) is 10.9. The molecule has 0 radical (unpaired) electrons. The van der Waals surface area contributed by atoms with Crippen molar-refractivity contribution in [2.45, 2.75) is 0 Å². The molecule has 100 valence electrons. The fourth-order valence-electron chi connectivity index (χ4n) is 1.65. The number of nitriles is 1. The van der Waals surface area contributed by atoms with E-state index in [4.69, 9.17) is 10.00 Å². The number of nitrogens with one attached hydrogen (secondary N) is 2. The Labute approximate surface area is 116 Å². The number of methoxy groups -OCH3 is 1. The summed E-state index contributed by atoms with van der Waals surface area (Å²) >= 11 is 0. The minimum absolute atomic E-state index is 0.405. The average molecular weight is 267 g/mol. The lowest BCUT2D eigenvalue weighted by molar-refractivity contribution is 0.262. The third kappa shape index (κ3) is 3.27. The van der Waals surface area contributed by atoms with Gasteiger partial charge in [0.1, 0.15) is 11.8 Å². The first-order chi connectivity index (χ1) is 9.72. The number of urea groups is 1. The third-order valence-corrected chi connectivity index (χ3v) is 2.64. The molecule has 20 heavy (non-hydrogen) atoms. The Bertz CT molecular complexity index is 645. The van der Waals surface area contributed by atoms with Gasteiger partial charge in [-0.15, -0.1) is 0 Å². The Balaban J connectivity index is 2.03. The fourth-order valence-corrected chi connectivity index (χ4v) is 1.65. The summed E-state index contributed by atoms with van der Waals surface area (Å²) in [4.78, 5) is 11.8. The lowest BCUT2D eigenvalue weighted by atomic mass is 10.2. The Morgan fingerprint density at radius 3 is 2.45 bits per heavy atom. The van der Waals surface area contributed by atoms with Crippen molar-refractivity contribution in [3.8, 4) is 11.8 Å². The number of anilines is 2. The molecule has 0 aliphatic heterocycles. The number of hydrogen-bond acceptors (Lipinski definition) is 3. The maximum absolute atomic E-state index is 11.8. The van der Waals surface area contributed by atoms with Crippen molar-refractivity contribution < 1.29 is 9.53 Å². The largest absolute Gasteiger partial charge is 0.497 e. The minimum atomic E-state index is -0.405. The normalized spacial score (nSPS) is 9.40. The molecule has 5 nitrogen and oxygen atoms in total. The van der Waals surface area contributed by atoms with E-state index in [1.807, 2.05) is 6.07 Å². The van der Waals surface area contributed by atoms with Crippen molar-refractivity contribution in [1.29, 1.82) is 5.26 Å². The van der Waals surface area contributed by atoms with Crippen LogP contribution in [0.2, 0.25) is 0 Å². The maximum atomic E-state index is 11.8. The van der Waals surface area contributed by atoms with Crippen molar-refractivity contribution in [2.75, 3.05) is 17.7 Å². The van der Waals surface area contributed by atoms with Gasteiger partial charge in [0.15, 0.2) is 0 Å². The Hall–Kier alpha value is -3.00. The number of benzene rings is 2. The van der Waals surface area contributed by atoms with Gasteiger partial charge in [-0.2, -0.15) is 5.26 Å². The number of para-hydroxylation sites is 1. The van der Waals surface area contributed by atoms with Crippen molar-refractivity contribution >= 4 is 17.4 Å². The molecule has 0 atom stereocenters. The number of amides is 2. The van der Waals surface area contributed by atoms with Crippen molar-refractivity contribution in [3.05, 3.63) is 54.1 Å². The van der Waals surface area contributed by atoms with Crippen LogP contribution in [0.4, 0.5) is 16.2 Å². The fraction of sp³-hybridized carbons (Fsp3) is 0.0667. The number of hydrogen-bond donors (Lipinski definition) is 2. The van der Waals surface area contributed by atoms with Crippen LogP contribution in [0.25, 0.3) is 0 Å². The second kappa shape index (κ2) is 6.25. The molecule has 0 spiro atoms. The minimum Gasteiger partial charge on any atom is -0.497 e. The molecule has 2 N–H and O–H groups in total. The first-order valence-electron chi connectivity index (χ1n) is 5.94. The van der Waals surface area contributed by atoms with Crippen molar-refractivity contribution in [2.24, 2.45) is 0 Å². The number of rotatable bonds is 3. The SMILES string of the molecule is COc1ccc(NC(=O)Nc2ccccc2C#N)cc1. The second-order valence-corrected chi connectivity index (χ2v) is 3.97. The summed E-state index contributed by atoms with van der Waals surface area (Å²) < 4.78 is 5.04. The zero-order valence-corrected chi connectivity index (χ0v) is 10.9. The summed E-state index contributed by atoms with van der Waals surface area (Å²) in [5.41, 5.74) is 1.52. The smallest absolute Gasteiger partial charge is 0.323 e. The topological polar surface area (TPSA) is 74.2 Å². The van der Waals surface area contributed by atoms with E-state index in [1.165, 1.54) is 0 Å². The van der Waals surface area contributed by atoms with Crippen LogP contribution in [0.15, 0.2) is 48.5 Å². The molecule has 2 amide bonds. The van der Waals surface area contributed by atoms with Gasteiger partial charge in [0.2, 0.25) is 0 Å². The Kier molecular flexibility index (Phi) is 4.20. The number of nitrogens with zero attached hydrogens (tertiary/aromatic N) is 1. The van der Waals surface area contributed by atoms with E-state index in [0.29, 0.717) is 22.7 Å². The third-order valence-electron chi connectivity index (χ3n) is 2.64. The number of ether oxygens (including phenoxy) is 1. The predicted octanol–water partition coefficient (Wildman–Crippen LogP) is 3.21. The molecule has 5 heteroatoms. The molecule has 0 saturated carbocycles. The van der Waals surface area contributed by atoms with E-state index in [9.17, 15) is 4.79 Å². The summed E-state index contributed by atoms with van der Waals surface area (Å²) in [6, 6.07) is 15.4. The highest BCUT2D eigenvalue weighted by Gasteiger charge is 2.06. The Morgan fingerprint density at radius 2 is 1.80 bits per heavy atom. The van der Waals surface area contributed by atoms with Crippen LogP contribution in [0.5, 0.6) is 5.75 Å². The highest BCUT2D eigenvalue weighted by Crippen LogP contribution is 2.17. The van der Waals surface area contributed by atoms with Crippen LogP contribution in [0, 0.1) is 11.3 Å². The average Bonchev–Trinajstić information content (AvgIpc) is 2.48. The molecule has 0 fully saturated rings. The molecule has 2 rings (SSSR count). The molecule has 2 aromatic rings. The summed E-state index contributed by atoms with van der Waals surface area (Å²) in [7, 11) is 1.58. The molecule has 0 aliphatic carbocycles. The van der Waals surface area contributed by atoms with E-state index in [-0.39, 0.29) is 0 Å². The van der Waals surface area contributed by atoms with E-state index < -0.39 is 6.03 Å². The quantitative estimate of drug-likeness (QED) is 0.896. The van der Waals surface area contributed by atoms with Crippen molar-refractivity contribution in [1.82, 2.24) is 0 Å². The maximum Gasteiger partial charge on any atom is 0.323 e. The van der Waals surface area contributed by atoms with Crippen LogP contribution in [-0.4, -0.2) is 13.1 Å². The molecule has 0 unspecified atom stereocenters. The molecule has 0 aliphatic rings. The van der Waals surface area contributed by atoms with Gasteiger partial charge in [-0.05, 0) is 36.4 Å². The Morgan fingerprint density at radius 1 is 1.10 bits per heavy atom. The number of carbonyl (C=O) groups excluding carboxylic acids is 1. The second-order valence-electron chi connectivity index (χ2n) is 3.97. The van der Waals surface area contributed by atoms with Crippen LogP contribution in [0.1, 0.15) is 5.56 Å². The molecule has 0 saturated heterocycles. The standard InChI is InChI=1S/C15H13N3O2/c1-20-13-8-6-12(7-9-13)17-15(19)18-14-5-3-2-4-11(14)10-16/h2-9H,1H3,(H2,17,18,19). The first kappa shape index (κ1) is 13.4. The van der Waals surface area contributed by atoms with E-state index >= 15 is 0 Å². The zero-order chi connectivity index (χ0) is 14.4. The summed E-state index contributed by atoms with van der Waals surface area (Å²) in [5, 5.41) is 14.3. The number of carbonyl (C=O) groups is 1. The van der Waals surface area contributed by atoms with E-state index in [2.05, 4.69) is 10.6 Å². The molecule has 0 heterocycles. The van der Waals surface area contributed by atoms with Gasteiger partial charge >= 0.3 is 6.03 Å². The van der Waals surface area contributed by atoms with Gasteiger partial charge < -0.3 is 15.4 Å². The highest BCUT2D eigenvalue weighted by molar-refractivity contribution is 6.00. The van der Waals surface area contributed by atoms with E-state index in [1.54, 1.807) is 55.6 Å². The van der Waals surface area contributed by atoms with Gasteiger partial charge in [-0.1, -0.05) is 12.1 Å². The van der Waals surface area contributed by atoms with E-state index in [0.717, 1.165) is 0 Å². The lowest BCUT2D eigenvalue weighted by Crippen LogP contribution is -2.19. The van der Waals surface area contributed by atoms with Crippen LogP contribution < -0.4 is 15.4 Å². The van der Waals surface area contributed by atoms with Crippen molar-refractivity contribution in [3.63, 3.8) is 0 Å². The summed E-state index contributed by atoms with van der Waals surface area (Å²) in [6.45, 7) is 0. The molecule has 0 bridgehead atoms. The molecular formula is C15H13N3O2.